The molecule has 0 aliphatic heterocycles. The van der Waals surface area contributed by atoms with Gasteiger partial charge in [0, 0.05) is 6.04 Å². The van der Waals surface area contributed by atoms with Crippen LogP contribution in [0.15, 0.2) is 30.6 Å². The Hall–Kier alpha value is -1.68. The van der Waals surface area contributed by atoms with Crippen LogP contribution < -0.4 is 5.32 Å². The van der Waals surface area contributed by atoms with Crippen LogP contribution in [-0.4, -0.2) is 20.8 Å². The van der Waals surface area contributed by atoms with Gasteiger partial charge in [0.2, 0.25) is 0 Å². The van der Waals surface area contributed by atoms with Crippen molar-refractivity contribution in [2.24, 2.45) is 0 Å². The number of rotatable bonds is 6. The lowest BCUT2D eigenvalue weighted by molar-refractivity contribution is 0.583. The molecule has 1 fully saturated rings. The molecule has 1 N–H and O–H groups in total. The predicted molar refractivity (Wildman–Crippen MR) is 74.8 cm³/mol. The quantitative estimate of drug-likeness (QED) is 0.861. The number of hydrogen-bond donors (Lipinski definition) is 1. The van der Waals surface area contributed by atoms with E-state index in [-0.39, 0.29) is 0 Å². The van der Waals surface area contributed by atoms with Crippen LogP contribution in [0.3, 0.4) is 0 Å². The summed E-state index contributed by atoms with van der Waals surface area (Å²) in [5.41, 5.74) is 2.65. The van der Waals surface area contributed by atoms with Crippen LogP contribution in [0.5, 0.6) is 0 Å². The van der Waals surface area contributed by atoms with Gasteiger partial charge in [0.05, 0.1) is 13.1 Å². The van der Waals surface area contributed by atoms with Gasteiger partial charge in [-0.05, 0) is 30.4 Å². The fourth-order valence-corrected chi connectivity index (χ4v) is 2.13. The van der Waals surface area contributed by atoms with Gasteiger partial charge in [0.25, 0.3) is 0 Å². The minimum Gasteiger partial charge on any atom is -0.307 e. The Bertz CT molecular complexity index is 525. The Morgan fingerprint density at radius 1 is 1.21 bits per heavy atom. The topological polar surface area (TPSA) is 42.7 Å². The van der Waals surface area contributed by atoms with E-state index >= 15 is 0 Å². The zero-order chi connectivity index (χ0) is 13.1. The van der Waals surface area contributed by atoms with Gasteiger partial charge in [-0.2, -0.15) is 5.10 Å². The van der Waals surface area contributed by atoms with E-state index < -0.39 is 0 Å². The van der Waals surface area contributed by atoms with Gasteiger partial charge in [-0.1, -0.05) is 31.2 Å². The van der Waals surface area contributed by atoms with Gasteiger partial charge in [-0.3, -0.25) is 0 Å². The summed E-state index contributed by atoms with van der Waals surface area (Å²) in [5, 5.41) is 7.80. The molecule has 1 aromatic carbocycles. The van der Waals surface area contributed by atoms with Crippen LogP contribution in [0.4, 0.5) is 0 Å². The Kier molecular flexibility index (Phi) is 3.60. The maximum absolute atomic E-state index is 4.34. The largest absolute Gasteiger partial charge is 0.307 e. The summed E-state index contributed by atoms with van der Waals surface area (Å²) in [5.74, 6) is 1.02. The summed E-state index contributed by atoms with van der Waals surface area (Å²) in [6.07, 6.45) is 5.32. The number of hydrogen-bond acceptors (Lipinski definition) is 3. The van der Waals surface area contributed by atoms with Gasteiger partial charge in [-0.25, -0.2) is 9.67 Å². The van der Waals surface area contributed by atoms with Crippen molar-refractivity contribution in [1.82, 2.24) is 20.1 Å². The Morgan fingerprint density at radius 3 is 2.63 bits per heavy atom. The van der Waals surface area contributed by atoms with E-state index in [0.717, 1.165) is 25.3 Å². The molecule has 0 spiro atoms. The highest BCUT2D eigenvalue weighted by Gasteiger charge is 2.20. The van der Waals surface area contributed by atoms with Crippen LogP contribution >= 0.6 is 0 Å². The van der Waals surface area contributed by atoms with Crippen molar-refractivity contribution >= 4 is 0 Å². The molecule has 1 saturated carbocycles. The van der Waals surface area contributed by atoms with Crippen LogP contribution in [0.2, 0.25) is 0 Å². The Labute approximate surface area is 113 Å². The molecule has 3 rings (SSSR count). The first-order valence-electron chi connectivity index (χ1n) is 7.03. The molecule has 0 atom stereocenters. The van der Waals surface area contributed by atoms with E-state index in [0.29, 0.717) is 6.04 Å². The minimum atomic E-state index is 0.703. The van der Waals surface area contributed by atoms with Crippen LogP contribution in [-0.2, 0) is 19.5 Å². The standard InChI is InChI=1S/C15H20N4/c1-2-12-3-5-13(6-4-12)10-19-15(17-11-18-19)9-16-14-7-8-14/h3-6,11,14,16H,2,7-10H2,1H3. The third kappa shape index (κ3) is 3.20. The number of aryl methyl sites for hydroxylation is 1. The highest BCUT2D eigenvalue weighted by Crippen LogP contribution is 2.19. The van der Waals surface area contributed by atoms with E-state index in [1.165, 1.54) is 24.0 Å². The minimum absolute atomic E-state index is 0.703. The highest BCUT2D eigenvalue weighted by atomic mass is 15.3. The first-order valence-corrected chi connectivity index (χ1v) is 7.03. The Balaban J connectivity index is 1.65. The van der Waals surface area contributed by atoms with E-state index in [1.54, 1.807) is 6.33 Å². The second-order valence-electron chi connectivity index (χ2n) is 5.16. The normalized spacial score (nSPS) is 14.8. The van der Waals surface area contributed by atoms with Gasteiger partial charge in [0.15, 0.2) is 0 Å². The van der Waals surface area contributed by atoms with Crippen molar-refractivity contribution in [3.05, 3.63) is 47.5 Å². The van der Waals surface area contributed by atoms with Crippen molar-refractivity contribution in [2.45, 2.75) is 45.3 Å². The summed E-state index contributed by atoms with van der Waals surface area (Å²) >= 11 is 0. The molecule has 1 aromatic heterocycles. The van der Waals surface area contributed by atoms with Crippen LogP contribution in [0, 0.1) is 0 Å². The zero-order valence-electron chi connectivity index (χ0n) is 11.3. The lowest BCUT2D eigenvalue weighted by Gasteiger charge is -2.07. The molecule has 1 aliphatic rings. The smallest absolute Gasteiger partial charge is 0.141 e. The van der Waals surface area contributed by atoms with Gasteiger partial charge >= 0.3 is 0 Å². The molecule has 100 valence electrons. The number of benzene rings is 1. The molecule has 0 saturated heterocycles. The van der Waals surface area contributed by atoms with Crippen molar-refractivity contribution < 1.29 is 0 Å². The highest BCUT2D eigenvalue weighted by molar-refractivity contribution is 5.22. The van der Waals surface area contributed by atoms with Crippen LogP contribution in [0.1, 0.15) is 36.7 Å². The molecular weight excluding hydrogens is 236 g/mol. The second-order valence-corrected chi connectivity index (χ2v) is 5.16. The number of nitrogens with one attached hydrogen (secondary N) is 1. The summed E-state index contributed by atoms with van der Waals surface area (Å²) in [7, 11) is 0. The van der Waals surface area contributed by atoms with Gasteiger partial charge in [0.1, 0.15) is 12.2 Å². The van der Waals surface area contributed by atoms with Crippen molar-refractivity contribution in [3.8, 4) is 0 Å². The molecule has 2 aromatic rings. The molecule has 1 aliphatic carbocycles. The zero-order valence-corrected chi connectivity index (χ0v) is 11.3. The monoisotopic (exact) mass is 256 g/mol. The van der Waals surface area contributed by atoms with Crippen molar-refractivity contribution in [1.29, 1.82) is 0 Å². The number of nitrogens with zero attached hydrogens (tertiary/aromatic N) is 3. The molecule has 0 radical (unpaired) electrons. The van der Waals surface area contributed by atoms with E-state index in [2.05, 4.69) is 46.6 Å². The molecule has 0 amide bonds. The molecule has 19 heavy (non-hydrogen) atoms. The first kappa shape index (κ1) is 12.4. The van der Waals surface area contributed by atoms with Gasteiger partial charge < -0.3 is 5.32 Å². The summed E-state index contributed by atoms with van der Waals surface area (Å²) in [6, 6.07) is 9.44. The second kappa shape index (κ2) is 5.53. The SMILES string of the molecule is CCc1ccc(Cn2ncnc2CNC2CC2)cc1. The summed E-state index contributed by atoms with van der Waals surface area (Å²) in [6.45, 7) is 3.79. The van der Waals surface area contributed by atoms with Crippen LogP contribution in [0.25, 0.3) is 0 Å². The van der Waals surface area contributed by atoms with E-state index in [1.807, 2.05) is 4.68 Å². The average molecular weight is 256 g/mol. The first-order chi connectivity index (χ1) is 9.35. The van der Waals surface area contributed by atoms with Gasteiger partial charge in [-0.15, -0.1) is 0 Å². The lowest BCUT2D eigenvalue weighted by Crippen LogP contribution is -2.19. The molecular formula is C15H20N4. The summed E-state index contributed by atoms with van der Waals surface area (Å²) < 4.78 is 1.98. The van der Waals surface area contributed by atoms with Crippen molar-refractivity contribution in [2.75, 3.05) is 0 Å². The fourth-order valence-electron chi connectivity index (χ4n) is 2.13. The maximum Gasteiger partial charge on any atom is 0.141 e. The maximum atomic E-state index is 4.34. The lowest BCUT2D eigenvalue weighted by atomic mass is 10.1. The molecule has 1 heterocycles. The van der Waals surface area contributed by atoms with E-state index in [4.69, 9.17) is 0 Å². The average Bonchev–Trinajstić information content (AvgIpc) is 3.18. The number of aromatic nitrogens is 3. The third-order valence-corrected chi connectivity index (χ3v) is 3.59. The predicted octanol–water partition coefficient (Wildman–Crippen LogP) is 2.14. The Morgan fingerprint density at radius 2 is 1.95 bits per heavy atom. The fraction of sp³-hybridized carbons (Fsp3) is 0.467. The third-order valence-electron chi connectivity index (χ3n) is 3.59. The van der Waals surface area contributed by atoms with Crippen molar-refractivity contribution in [3.63, 3.8) is 0 Å². The molecule has 4 nitrogen and oxygen atoms in total. The van der Waals surface area contributed by atoms with E-state index in [9.17, 15) is 0 Å². The molecule has 4 heteroatoms. The molecule has 0 bridgehead atoms. The summed E-state index contributed by atoms with van der Waals surface area (Å²) in [4.78, 5) is 4.34. The molecule has 0 unspecified atom stereocenters.